The Bertz CT molecular complexity index is 780. The summed E-state index contributed by atoms with van der Waals surface area (Å²) in [7, 11) is 0. The quantitative estimate of drug-likeness (QED) is 0.802. The van der Waals surface area contributed by atoms with Crippen LogP contribution in [0.3, 0.4) is 0 Å². The lowest BCUT2D eigenvalue weighted by Crippen LogP contribution is -2.26. The van der Waals surface area contributed by atoms with Crippen molar-refractivity contribution in [2.24, 2.45) is 0 Å². The molecule has 1 N–H and O–H groups in total. The van der Waals surface area contributed by atoms with E-state index >= 15 is 0 Å². The number of hydrogen-bond acceptors (Lipinski definition) is 2. The molecule has 1 heterocycles. The third-order valence-corrected chi connectivity index (χ3v) is 3.65. The van der Waals surface area contributed by atoms with Gasteiger partial charge in [-0.25, -0.2) is 9.37 Å². The first-order valence-corrected chi connectivity index (χ1v) is 7.28. The number of hydrogen-bond donors (Lipinski definition) is 1. The van der Waals surface area contributed by atoms with E-state index < -0.39 is 0 Å². The number of carbonyl (C=O) groups is 1. The van der Waals surface area contributed by atoms with Crippen LogP contribution < -0.4 is 5.32 Å². The highest BCUT2D eigenvalue weighted by atomic mass is 19.1. The van der Waals surface area contributed by atoms with Crippen molar-refractivity contribution in [1.29, 1.82) is 0 Å². The molecule has 1 atom stereocenters. The fourth-order valence-electron chi connectivity index (χ4n) is 2.31. The van der Waals surface area contributed by atoms with Crippen molar-refractivity contribution in [1.82, 2.24) is 14.9 Å². The Kier molecular flexibility index (Phi) is 4.19. The standard InChI is InChI=1S/C18H16FN3O/c1-13(21-18(23)15-2-6-16(19)7-3-15)14-4-8-17(9-5-14)22-11-10-20-12-22/h2-13H,1H3,(H,21,23). The van der Waals surface area contributed by atoms with Gasteiger partial charge in [-0.3, -0.25) is 4.79 Å². The van der Waals surface area contributed by atoms with Crippen molar-refractivity contribution in [3.05, 3.63) is 84.2 Å². The summed E-state index contributed by atoms with van der Waals surface area (Å²) in [6.45, 7) is 1.91. The van der Waals surface area contributed by atoms with Crippen LogP contribution in [0.15, 0.2) is 67.3 Å². The van der Waals surface area contributed by atoms with E-state index in [2.05, 4.69) is 10.3 Å². The monoisotopic (exact) mass is 309 g/mol. The van der Waals surface area contributed by atoms with Gasteiger partial charge in [-0.2, -0.15) is 0 Å². The number of nitrogens with one attached hydrogen (secondary N) is 1. The summed E-state index contributed by atoms with van der Waals surface area (Å²) in [5.41, 5.74) is 2.43. The van der Waals surface area contributed by atoms with Gasteiger partial charge in [0.25, 0.3) is 5.91 Å². The van der Waals surface area contributed by atoms with Crippen LogP contribution in [0.5, 0.6) is 0 Å². The molecule has 0 radical (unpaired) electrons. The molecular weight excluding hydrogens is 293 g/mol. The van der Waals surface area contributed by atoms with Gasteiger partial charge < -0.3 is 9.88 Å². The number of aromatic nitrogens is 2. The molecule has 0 aliphatic carbocycles. The maximum Gasteiger partial charge on any atom is 0.251 e. The predicted molar refractivity (Wildman–Crippen MR) is 85.8 cm³/mol. The van der Waals surface area contributed by atoms with Crippen molar-refractivity contribution in [2.45, 2.75) is 13.0 Å². The lowest BCUT2D eigenvalue weighted by Gasteiger charge is -2.15. The molecule has 0 spiro atoms. The van der Waals surface area contributed by atoms with E-state index in [4.69, 9.17) is 0 Å². The normalized spacial score (nSPS) is 11.9. The van der Waals surface area contributed by atoms with E-state index in [9.17, 15) is 9.18 Å². The number of amides is 1. The van der Waals surface area contributed by atoms with Gasteiger partial charge in [-0.05, 0) is 48.9 Å². The Morgan fingerprint density at radius 1 is 1.13 bits per heavy atom. The third kappa shape index (κ3) is 3.45. The Hall–Kier alpha value is -2.95. The van der Waals surface area contributed by atoms with Crippen LogP contribution in [0.25, 0.3) is 5.69 Å². The van der Waals surface area contributed by atoms with Crippen LogP contribution in [-0.4, -0.2) is 15.5 Å². The second-order valence-corrected chi connectivity index (χ2v) is 5.26. The Morgan fingerprint density at radius 2 is 1.83 bits per heavy atom. The van der Waals surface area contributed by atoms with E-state index in [1.165, 1.54) is 24.3 Å². The van der Waals surface area contributed by atoms with Crippen LogP contribution in [0.1, 0.15) is 28.9 Å². The first-order valence-electron chi connectivity index (χ1n) is 7.28. The molecule has 0 aliphatic rings. The second kappa shape index (κ2) is 6.44. The zero-order valence-corrected chi connectivity index (χ0v) is 12.6. The highest BCUT2D eigenvalue weighted by molar-refractivity contribution is 5.94. The van der Waals surface area contributed by atoms with E-state index in [-0.39, 0.29) is 17.8 Å². The highest BCUT2D eigenvalue weighted by Gasteiger charge is 2.11. The summed E-state index contributed by atoms with van der Waals surface area (Å²) in [6.07, 6.45) is 5.32. The molecule has 116 valence electrons. The lowest BCUT2D eigenvalue weighted by atomic mass is 10.1. The Labute approximate surface area is 133 Å². The average Bonchev–Trinajstić information content (AvgIpc) is 3.10. The fourth-order valence-corrected chi connectivity index (χ4v) is 2.31. The van der Waals surface area contributed by atoms with Crippen LogP contribution in [0, 0.1) is 5.82 Å². The van der Waals surface area contributed by atoms with E-state index in [0.717, 1.165) is 11.3 Å². The molecule has 0 fully saturated rings. The number of carbonyl (C=O) groups excluding carboxylic acids is 1. The van der Waals surface area contributed by atoms with Gasteiger partial charge in [-0.15, -0.1) is 0 Å². The predicted octanol–water partition coefficient (Wildman–Crippen LogP) is 3.50. The van der Waals surface area contributed by atoms with E-state index in [0.29, 0.717) is 5.56 Å². The minimum Gasteiger partial charge on any atom is -0.346 e. The molecule has 0 aliphatic heterocycles. The molecule has 1 unspecified atom stereocenters. The molecule has 4 nitrogen and oxygen atoms in total. The number of nitrogens with zero attached hydrogens (tertiary/aromatic N) is 2. The van der Waals surface area contributed by atoms with Crippen molar-refractivity contribution in [3.8, 4) is 5.69 Å². The highest BCUT2D eigenvalue weighted by Crippen LogP contribution is 2.16. The fraction of sp³-hybridized carbons (Fsp3) is 0.111. The largest absolute Gasteiger partial charge is 0.346 e. The molecule has 1 amide bonds. The molecule has 2 aromatic carbocycles. The van der Waals surface area contributed by atoms with Crippen LogP contribution in [-0.2, 0) is 0 Å². The van der Waals surface area contributed by atoms with E-state index in [1.54, 1.807) is 12.5 Å². The van der Waals surface area contributed by atoms with Crippen molar-refractivity contribution in [2.75, 3.05) is 0 Å². The topological polar surface area (TPSA) is 46.9 Å². The summed E-state index contributed by atoms with van der Waals surface area (Å²) in [4.78, 5) is 16.2. The van der Waals surface area contributed by atoms with Crippen molar-refractivity contribution in [3.63, 3.8) is 0 Å². The van der Waals surface area contributed by atoms with Crippen LogP contribution >= 0.6 is 0 Å². The lowest BCUT2D eigenvalue weighted by molar-refractivity contribution is 0.0940. The third-order valence-electron chi connectivity index (χ3n) is 3.65. The molecule has 0 bridgehead atoms. The van der Waals surface area contributed by atoms with E-state index in [1.807, 2.05) is 42.0 Å². The summed E-state index contributed by atoms with van der Waals surface area (Å²) < 4.78 is 14.8. The van der Waals surface area contributed by atoms with Crippen molar-refractivity contribution < 1.29 is 9.18 Å². The zero-order chi connectivity index (χ0) is 16.2. The number of imidazole rings is 1. The molecular formula is C18H16FN3O. The minimum absolute atomic E-state index is 0.149. The molecule has 23 heavy (non-hydrogen) atoms. The van der Waals surface area contributed by atoms with Gasteiger partial charge in [0.05, 0.1) is 12.4 Å². The second-order valence-electron chi connectivity index (χ2n) is 5.26. The molecule has 0 saturated heterocycles. The molecule has 1 aromatic heterocycles. The summed E-state index contributed by atoms with van der Waals surface area (Å²) in [6, 6.07) is 13.2. The minimum atomic E-state index is -0.357. The summed E-state index contributed by atoms with van der Waals surface area (Å²) in [5.74, 6) is -0.583. The van der Waals surface area contributed by atoms with Crippen molar-refractivity contribution >= 4 is 5.91 Å². The van der Waals surface area contributed by atoms with Gasteiger partial charge in [0, 0.05) is 23.6 Å². The maximum absolute atomic E-state index is 12.9. The Morgan fingerprint density at radius 3 is 2.43 bits per heavy atom. The molecule has 5 heteroatoms. The average molecular weight is 309 g/mol. The SMILES string of the molecule is CC(NC(=O)c1ccc(F)cc1)c1ccc(-n2ccnc2)cc1. The Balaban J connectivity index is 1.69. The van der Waals surface area contributed by atoms with Crippen LogP contribution in [0.2, 0.25) is 0 Å². The smallest absolute Gasteiger partial charge is 0.251 e. The number of halogens is 1. The van der Waals surface area contributed by atoms with Gasteiger partial charge in [0.15, 0.2) is 0 Å². The first kappa shape index (κ1) is 15.0. The molecule has 0 saturated carbocycles. The summed E-state index contributed by atoms with van der Waals surface area (Å²) >= 11 is 0. The molecule has 3 rings (SSSR count). The van der Waals surface area contributed by atoms with Crippen LogP contribution in [0.4, 0.5) is 4.39 Å². The zero-order valence-electron chi connectivity index (χ0n) is 12.6. The first-order chi connectivity index (χ1) is 11.1. The number of rotatable bonds is 4. The van der Waals surface area contributed by atoms with Gasteiger partial charge >= 0.3 is 0 Å². The maximum atomic E-state index is 12.9. The molecule has 3 aromatic rings. The number of benzene rings is 2. The van der Waals surface area contributed by atoms with Gasteiger partial charge in [0.1, 0.15) is 5.82 Å². The summed E-state index contributed by atoms with van der Waals surface area (Å²) in [5, 5.41) is 2.91. The van der Waals surface area contributed by atoms with Gasteiger partial charge in [-0.1, -0.05) is 12.1 Å². The van der Waals surface area contributed by atoms with Gasteiger partial charge in [0.2, 0.25) is 0 Å².